The molecule has 2 aromatic heterocycles. The molecule has 8 nitrogen and oxygen atoms in total. The van der Waals surface area contributed by atoms with Gasteiger partial charge in [0.2, 0.25) is 5.71 Å². The van der Waals surface area contributed by atoms with Crippen LogP contribution in [0.25, 0.3) is 22.8 Å². The summed E-state index contributed by atoms with van der Waals surface area (Å²) in [6.45, 7) is 0. The largest absolute Gasteiger partial charge is 0.277 e. The van der Waals surface area contributed by atoms with Crippen molar-refractivity contribution in [2.45, 2.75) is 0 Å². The molecule has 0 amide bonds. The second kappa shape index (κ2) is 6.81. The van der Waals surface area contributed by atoms with E-state index in [1.807, 2.05) is 24.3 Å². The predicted octanol–water partition coefficient (Wildman–Crippen LogP) is 2.35. The van der Waals surface area contributed by atoms with E-state index in [-0.39, 0.29) is 5.71 Å². The van der Waals surface area contributed by atoms with Gasteiger partial charge in [-0.05, 0) is 36.4 Å². The van der Waals surface area contributed by atoms with Crippen LogP contribution in [0.2, 0.25) is 0 Å². The first kappa shape index (κ1) is 14.9. The highest BCUT2D eigenvalue weighted by Gasteiger charge is 2.07. The molecule has 0 aliphatic rings. The molecular formula is C16H10N8. The average molecular weight is 314 g/mol. The molecule has 0 unspecified atom stereocenters. The number of nitriles is 2. The number of nitrogens with one attached hydrogen (secondary N) is 2. The standard InChI is InChI=1S/C16H10N8/c17-8-14(9-18)22-21-13-5-3-11(4-6-13)15-20-16(24-23-15)12-2-1-7-19-10-12/h1-7,10,21H,(H,20,23,24). The van der Waals surface area contributed by atoms with Crippen LogP contribution in [-0.4, -0.2) is 25.9 Å². The zero-order valence-corrected chi connectivity index (χ0v) is 12.3. The van der Waals surface area contributed by atoms with Crippen LogP contribution in [0.1, 0.15) is 0 Å². The van der Waals surface area contributed by atoms with Crippen LogP contribution in [0.15, 0.2) is 53.9 Å². The van der Waals surface area contributed by atoms with Crippen LogP contribution >= 0.6 is 0 Å². The van der Waals surface area contributed by atoms with E-state index in [0.717, 1.165) is 11.1 Å². The summed E-state index contributed by atoms with van der Waals surface area (Å²) in [6, 6.07) is 14.2. The Labute approximate surface area is 137 Å². The van der Waals surface area contributed by atoms with Gasteiger partial charge in [0.15, 0.2) is 11.6 Å². The topological polar surface area (TPSA) is 126 Å². The van der Waals surface area contributed by atoms with E-state index in [4.69, 9.17) is 10.5 Å². The van der Waals surface area contributed by atoms with Gasteiger partial charge in [-0.25, -0.2) is 4.98 Å². The van der Waals surface area contributed by atoms with Gasteiger partial charge in [0, 0.05) is 23.5 Å². The van der Waals surface area contributed by atoms with Crippen LogP contribution in [-0.2, 0) is 0 Å². The van der Waals surface area contributed by atoms with Crippen molar-refractivity contribution in [3.8, 4) is 34.9 Å². The minimum absolute atomic E-state index is 0.240. The lowest BCUT2D eigenvalue weighted by Gasteiger charge is -2.01. The molecule has 0 atom stereocenters. The number of pyridine rings is 1. The smallest absolute Gasteiger partial charge is 0.237 e. The maximum Gasteiger partial charge on any atom is 0.237 e. The van der Waals surface area contributed by atoms with E-state index >= 15 is 0 Å². The normalized spacial score (nSPS) is 9.58. The third-order valence-electron chi connectivity index (χ3n) is 3.07. The molecule has 2 heterocycles. The van der Waals surface area contributed by atoms with Gasteiger partial charge in [-0.2, -0.15) is 20.7 Å². The number of H-pyrrole nitrogens is 1. The summed E-state index contributed by atoms with van der Waals surface area (Å²) in [5, 5.41) is 28.0. The highest BCUT2D eigenvalue weighted by atomic mass is 15.3. The predicted molar refractivity (Wildman–Crippen MR) is 87.3 cm³/mol. The SMILES string of the molecule is N#CC(C#N)=NNc1ccc(-c2nc(-c3cccnc3)n[nH]2)cc1. The summed E-state index contributed by atoms with van der Waals surface area (Å²) >= 11 is 0. The highest BCUT2D eigenvalue weighted by Crippen LogP contribution is 2.21. The third-order valence-corrected chi connectivity index (χ3v) is 3.07. The Hall–Kier alpha value is -4.04. The van der Waals surface area contributed by atoms with Gasteiger partial charge in [-0.15, -0.1) is 0 Å². The van der Waals surface area contributed by atoms with E-state index in [1.54, 1.807) is 36.7 Å². The number of benzene rings is 1. The second-order valence-electron chi connectivity index (χ2n) is 4.62. The zero-order valence-electron chi connectivity index (χ0n) is 12.3. The first-order chi connectivity index (χ1) is 11.8. The van der Waals surface area contributed by atoms with Crippen molar-refractivity contribution in [2.24, 2.45) is 5.10 Å². The molecule has 0 bridgehead atoms. The van der Waals surface area contributed by atoms with Crippen LogP contribution in [0, 0.1) is 22.7 Å². The summed E-state index contributed by atoms with van der Waals surface area (Å²) in [6.07, 6.45) is 3.38. The molecule has 8 heteroatoms. The molecule has 114 valence electrons. The Kier molecular flexibility index (Phi) is 4.22. The van der Waals surface area contributed by atoms with Gasteiger partial charge in [0.1, 0.15) is 12.1 Å². The Morgan fingerprint density at radius 3 is 2.54 bits per heavy atom. The number of hydrogen-bond donors (Lipinski definition) is 2. The third kappa shape index (κ3) is 3.24. The maximum atomic E-state index is 8.63. The van der Waals surface area contributed by atoms with Crippen molar-refractivity contribution in [3.63, 3.8) is 0 Å². The van der Waals surface area contributed by atoms with Crippen LogP contribution in [0.5, 0.6) is 0 Å². The van der Waals surface area contributed by atoms with Crippen molar-refractivity contribution < 1.29 is 0 Å². The molecule has 0 aliphatic heterocycles. The van der Waals surface area contributed by atoms with Gasteiger partial charge in [-0.3, -0.25) is 15.5 Å². The fourth-order valence-corrected chi connectivity index (χ4v) is 1.91. The van der Waals surface area contributed by atoms with E-state index in [1.165, 1.54) is 0 Å². The van der Waals surface area contributed by atoms with Crippen molar-refractivity contribution in [2.75, 3.05) is 5.43 Å². The first-order valence-electron chi connectivity index (χ1n) is 6.87. The molecule has 2 N–H and O–H groups in total. The van der Waals surface area contributed by atoms with Crippen LogP contribution in [0.4, 0.5) is 5.69 Å². The number of hydrazone groups is 1. The van der Waals surface area contributed by atoms with Crippen LogP contribution in [0.3, 0.4) is 0 Å². The lowest BCUT2D eigenvalue weighted by Crippen LogP contribution is -1.96. The van der Waals surface area contributed by atoms with Gasteiger partial charge in [-0.1, -0.05) is 0 Å². The lowest BCUT2D eigenvalue weighted by molar-refractivity contribution is 1.10. The zero-order chi connectivity index (χ0) is 16.8. The minimum Gasteiger partial charge on any atom is -0.277 e. The Balaban J connectivity index is 1.77. The second-order valence-corrected chi connectivity index (χ2v) is 4.62. The van der Waals surface area contributed by atoms with Gasteiger partial charge in [0.25, 0.3) is 0 Å². The molecule has 0 radical (unpaired) electrons. The van der Waals surface area contributed by atoms with Crippen LogP contribution < -0.4 is 5.43 Å². The molecular weight excluding hydrogens is 304 g/mol. The van der Waals surface area contributed by atoms with E-state index < -0.39 is 0 Å². The number of anilines is 1. The number of aromatic amines is 1. The molecule has 0 spiro atoms. The Bertz CT molecular complexity index is 926. The lowest BCUT2D eigenvalue weighted by atomic mass is 10.2. The van der Waals surface area contributed by atoms with Gasteiger partial charge >= 0.3 is 0 Å². The van der Waals surface area contributed by atoms with E-state index in [9.17, 15) is 0 Å². The fourth-order valence-electron chi connectivity index (χ4n) is 1.91. The van der Waals surface area contributed by atoms with Crippen molar-refractivity contribution >= 4 is 11.4 Å². The number of aromatic nitrogens is 4. The van der Waals surface area contributed by atoms with Crippen molar-refractivity contribution in [1.82, 2.24) is 20.2 Å². The number of hydrogen-bond acceptors (Lipinski definition) is 7. The van der Waals surface area contributed by atoms with E-state index in [2.05, 4.69) is 30.7 Å². The molecule has 0 aliphatic carbocycles. The van der Waals surface area contributed by atoms with Gasteiger partial charge < -0.3 is 0 Å². The molecule has 0 saturated heterocycles. The summed E-state index contributed by atoms with van der Waals surface area (Å²) in [7, 11) is 0. The molecule has 1 aromatic carbocycles. The Morgan fingerprint density at radius 2 is 1.88 bits per heavy atom. The number of rotatable bonds is 4. The molecule has 0 saturated carbocycles. The highest BCUT2D eigenvalue weighted by molar-refractivity contribution is 6.10. The first-order valence-corrected chi connectivity index (χ1v) is 6.87. The summed E-state index contributed by atoms with van der Waals surface area (Å²) in [4.78, 5) is 8.48. The summed E-state index contributed by atoms with van der Waals surface area (Å²) in [5.74, 6) is 1.19. The van der Waals surface area contributed by atoms with Crippen molar-refractivity contribution in [3.05, 3.63) is 48.8 Å². The van der Waals surface area contributed by atoms with E-state index in [0.29, 0.717) is 17.3 Å². The molecule has 0 fully saturated rings. The fraction of sp³-hybridized carbons (Fsp3) is 0. The molecule has 3 rings (SSSR count). The maximum absolute atomic E-state index is 8.63. The molecule has 24 heavy (non-hydrogen) atoms. The average Bonchev–Trinajstić information content (AvgIpc) is 3.14. The minimum atomic E-state index is -0.240. The Morgan fingerprint density at radius 1 is 1.08 bits per heavy atom. The van der Waals surface area contributed by atoms with Gasteiger partial charge in [0.05, 0.1) is 5.69 Å². The number of nitrogens with zero attached hydrogens (tertiary/aromatic N) is 6. The monoisotopic (exact) mass is 314 g/mol. The molecule has 3 aromatic rings. The summed E-state index contributed by atoms with van der Waals surface area (Å²) < 4.78 is 0. The summed E-state index contributed by atoms with van der Waals surface area (Å²) in [5.41, 5.74) is 4.72. The van der Waals surface area contributed by atoms with Crippen molar-refractivity contribution in [1.29, 1.82) is 10.5 Å². The quantitative estimate of drug-likeness (QED) is 0.562.